The molecule has 1 rings (SSSR count). The molecule has 108 valence electrons. The number of halogens is 3. The van der Waals surface area contributed by atoms with Crippen LogP contribution in [0.1, 0.15) is 68.7 Å². The average molecular weight is 273 g/mol. The highest BCUT2D eigenvalue weighted by atomic mass is 19.4. The van der Waals surface area contributed by atoms with E-state index in [1.165, 1.54) is 0 Å². The van der Waals surface area contributed by atoms with E-state index in [0.717, 1.165) is 11.1 Å². The van der Waals surface area contributed by atoms with Gasteiger partial charge in [-0.15, -0.1) is 0 Å². The minimum Gasteiger partial charge on any atom is -0.324 e. The number of hydrogen-bond acceptors (Lipinski definition) is 1. The second kappa shape index (κ2) is 5.95. The predicted octanol–water partition coefficient (Wildman–Crippen LogP) is 4.89. The average Bonchev–Trinajstić information content (AvgIpc) is 2.25. The predicted molar refractivity (Wildman–Crippen MR) is 72.2 cm³/mol. The first-order valence-electron chi connectivity index (χ1n) is 6.58. The van der Waals surface area contributed by atoms with Crippen LogP contribution in [0.3, 0.4) is 0 Å². The van der Waals surface area contributed by atoms with Crippen molar-refractivity contribution < 1.29 is 13.2 Å². The van der Waals surface area contributed by atoms with E-state index in [0.29, 0.717) is 11.5 Å². The van der Waals surface area contributed by atoms with Crippen LogP contribution < -0.4 is 5.73 Å². The van der Waals surface area contributed by atoms with Crippen LogP contribution in [-0.4, -0.2) is 6.18 Å². The highest BCUT2D eigenvalue weighted by Gasteiger charge is 2.32. The lowest BCUT2D eigenvalue weighted by Crippen LogP contribution is -2.21. The van der Waals surface area contributed by atoms with Gasteiger partial charge in [0.05, 0.1) is 6.42 Å². The molecule has 0 aliphatic heterocycles. The van der Waals surface area contributed by atoms with Crippen molar-refractivity contribution in [3.8, 4) is 0 Å². The van der Waals surface area contributed by atoms with E-state index in [-0.39, 0.29) is 5.92 Å². The van der Waals surface area contributed by atoms with Gasteiger partial charge >= 0.3 is 6.18 Å². The second-order valence-electron chi connectivity index (χ2n) is 5.62. The molecule has 0 fully saturated rings. The molecule has 0 aromatic heterocycles. The van der Waals surface area contributed by atoms with Crippen LogP contribution in [0, 0.1) is 0 Å². The van der Waals surface area contributed by atoms with Crippen molar-refractivity contribution in [1.82, 2.24) is 0 Å². The van der Waals surface area contributed by atoms with Gasteiger partial charge < -0.3 is 5.73 Å². The number of hydrogen-bond donors (Lipinski definition) is 1. The van der Waals surface area contributed by atoms with E-state index in [4.69, 9.17) is 5.73 Å². The first kappa shape index (κ1) is 16.0. The lowest BCUT2D eigenvalue weighted by atomic mass is 9.88. The van der Waals surface area contributed by atoms with Crippen LogP contribution in [0.25, 0.3) is 0 Å². The molecule has 0 saturated heterocycles. The van der Waals surface area contributed by atoms with Crippen molar-refractivity contribution in [3.63, 3.8) is 0 Å². The molecule has 19 heavy (non-hydrogen) atoms. The summed E-state index contributed by atoms with van der Waals surface area (Å²) < 4.78 is 37.4. The number of rotatable bonds is 4. The van der Waals surface area contributed by atoms with Gasteiger partial charge in [-0.3, -0.25) is 0 Å². The zero-order valence-electron chi connectivity index (χ0n) is 11.9. The van der Waals surface area contributed by atoms with E-state index in [1.54, 1.807) is 6.07 Å². The Labute approximate surface area is 113 Å². The van der Waals surface area contributed by atoms with Gasteiger partial charge in [-0.25, -0.2) is 0 Å². The van der Waals surface area contributed by atoms with Gasteiger partial charge in [-0.05, 0) is 28.5 Å². The van der Waals surface area contributed by atoms with Crippen LogP contribution in [0.4, 0.5) is 13.2 Å². The minimum absolute atomic E-state index is 0.160. The third kappa shape index (κ3) is 4.53. The summed E-state index contributed by atoms with van der Waals surface area (Å²) in [4.78, 5) is 0. The van der Waals surface area contributed by atoms with E-state index >= 15 is 0 Å². The van der Waals surface area contributed by atoms with Crippen molar-refractivity contribution in [2.75, 3.05) is 0 Å². The van der Waals surface area contributed by atoms with Crippen molar-refractivity contribution in [3.05, 3.63) is 34.9 Å². The van der Waals surface area contributed by atoms with Crippen LogP contribution in [0.5, 0.6) is 0 Å². The molecule has 0 aliphatic rings. The largest absolute Gasteiger partial charge is 0.390 e. The molecule has 1 aromatic rings. The molecule has 0 aliphatic carbocycles. The fourth-order valence-corrected chi connectivity index (χ4v) is 2.15. The molecule has 0 spiro atoms. The fourth-order valence-electron chi connectivity index (χ4n) is 2.15. The zero-order valence-corrected chi connectivity index (χ0v) is 11.9. The number of benzene rings is 1. The van der Waals surface area contributed by atoms with Crippen LogP contribution in [0.2, 0.25) is 0 Å². The van der Waals surface area contributed by atoms with Gasteiger partial charge in [0, 0.05) is 6.04 Å². The molecule has 1 aromatic carbocycles. The van der Waals surface area contributed by atoms with Gasteiger partial charge in [-0.1, -0.05) is 45.9 Å². The molecule has 1 atom stereocenters. The SMILES string of the molecule is CC(C)c1ccc(C(N)CC(F)(F)F)c(C(C)C)c1. The Bertz CT molecular complexity index is 422. The Hall–Kier alpha value is -1.03. The molecular weight excluding hydrogens is 251 g/mol. The first-order valence-corrected chi connectivity index (χ1v) is 6.58. The summed E-state index contributed by atoms with van der Waals surface area (Å²) >= 11 is 0. The van der Waals surface area contributed by atoms with Crippen LogP contribution in [0.15, 0.2) is 18.2 Å². The summed E-state index contributed by atoms with van der Waals surface area (Å²) in [6.45, 7) is 8.08. The number of nitrogens with two attached hydrogens (primary N) is 1. The quantitative estimate of drug-likeness (QED) is 0.830. The third-order valence-electron chi connectivity index (χ3n) is 3.25. The summed E-state index contributed by atoms with van der Waals surface area (Å²) in [6.07, 6.45) is -5.21. The summed E-state index contributed by atoms with van der Waals surface area (Å²) in [6, 6.07) is 4.63. The van der Waals surface area contributed by atoms with E-state index in [2.05, 4.69) is 13.8 Å². The number of alkyl halides is 3. The molecule has 4 heteroatoms. The fraction of sp³-hybridized carbons (Fsp3) is 0.600. The molecule has 0 heterocycles. The summed E-state index contributed by atoms with van der Waals surface area (Å²) in [5.41, 5.74) is 8.38. The van der Waals surface area contributed by atoms with Crippen molar-refractivity contribution in [2.45, 2.75) is 58.2 Å². The third-order valence-corrected chi connectivity index (χ3v) is 3.25. The summed E-state index contributed by atoms with van der Waals surface area (Å²) in [7, 11) is 0. The highest BCUT2D eigenvalue weighted by Crippen LogP contribution is 2.33. The molecule has 1 unspecified atom stereocenters. The van der Waals surface area contributed by atoms with E-state index in [9.17, 15) is 13.2 Å². The van der Waals surface area contributed by atoms with Crippen molar-refractivity contribution in [1.29, 1.82) is 0 Å². The lowest BCUT2D eigenvalue weighted by Gasteiger charge is -2.21. The summed E-state index contributed by atoms with van der Waals surface area (Å²) in [5.74, 6) is 0.512. The zero-order chi connectivity index (χ0) is 14.8. The molecule has 0 bridgehead atoms. The Kier molecular flexibility index (Phi) is 5.02. The first-order chi connectivity index (χ1) is 8.61. The molecule has 0 saturated carbocycles. The molecular formula is C15H22F3N. The maximum absolute atomic E-state index is 12.5. The van der Waals surface area contributed by atoms with E-state index < -0.39 is 18.6 Å². The maximum atomic E-state index is 12.5. The van der Waals surface area contributed by atoms with Crippen LogP contribution >= 0.6 is 0 Å². The minimum atomic E-state index is -4.23. The summed E-state index contributed by atoms with van der Waals surface area (Å²) in [5, 5.41) is 0. The van der Waals surface area contributed by atoms with Gasteiger partial charge in [0.1, 0.15) is 0 Å². The smallest absolute Gasteiger partial charge is 0.324 e. The van der Waals surface area contributed by atoms with Gasteiger partial charge in [0.25, 0.3) is 0 Å². The van der Waals surface area contributed by atoms with Gasteiger partial charge in [0.2, 0.25) is 0 Å². The second-order valence-corrected chi connectivity index (χ2v) is 5.62. The maximum Gasteiger partial charge on any atom is 0.390 e. The Morgan fingerprint density at radius 2 is 1.58 bits per heavy atom. The normalized spacial score (nSPS) is 14.2. The Morgan fingerprint density at radius 1 is 1.00 bits per heavy atom. The molecule has 1 nitrogen and oxygen atoms in total. The van der Waals surface area contributed by atoms with E-state index in [1.807, 2.05) is 26.0 Å². The van der Waals surface area contributed by atoms with Crippen LogP contribution in [-0.2, 0) is 0 Å². The van der Waals surface area contributed by atoms with Crippen molar-refractivity contribution >= 4 is 0 Å². The molecule has 0 amide bonds. The van der Waals surface area contributed by atoms with Gasteiger partial charge in [0.15, 0.2) is 0 Å². The lowest BCUT2D eigenvalue weighted by molar-refractivity contribution is -0.138. The van der Waals surface area contributed by atoms with Gasteiger partial charge in [-0.2, -0.15) is 13.2 Å². The van der Waals surface area contributed by atoms with Crippen molar-refractivity contribution in [2.24, 2.45) is 5.73 Å². The Morgan fingerprint density at radius 3 is 2.00 bits per heavy atom. The Balaban J connectivity index is 3.13. The standard InChI is InChI=1S/C15H22F3N/c1-9(2)11-5-6-12(13(7-11)10(3)4)14(19)8-15(16,17)18/h5-7,9-10,14H,8,19H2,1-4H3. The molecule has 2 N–H and O–H groups in total. The topological polar surface area (TPSA) is 26.0 Å². The highest BCUT2D eigenvalue weighted by molar-refractivity contribution is 5.37. The monoisotopic (exact) mass is 273 g/mol. The molecule has 0 radical (unpaired) electrons.